The quantitative estimate of drug-likeness (QED) is 0.753. The van der Waals surface area contributed by atoms with Crippen molar-refractivity contribution in [3.63, 3.8) is 0 Å². The molecule has 0 spiro atoms. The standard InChI is InChI=1S/C16H28N4O2/c1-12(21)18-13-5-8-19(11-13)9-10-20-14-3-2-6-16(20,7-4-14)15(17)22/h13-14H,2-11H2,1H3,(H2,17,22)(H,18,21)/t13-,14-,16+/m1/s1. The molecule has 0 unspecified atom stereocenters. The van der Waals surface area contributed by atoms with Crippen molar-refractivity contribution in [3.8, 4) is 0 Å². The van der Waals surface area contributed by atoms with E-state index in [4.69, 9.17) is 5.73 Å². The summed E-state index contributed by atoms with van der Waals surface area (Å²) in [5, 5.41) is 3.00. The van der Waals surface area contributed by atoms with Gasteiger partial charge in [-0.1, -0.05) is 0 Å². The predicted octanol–water partition coefficient (Wildman–Crippen LogP) is 0.0692. The van der Waals surface area contributed by atoms with Crippen LogP contribution in [-0.2, 0) is 9.59 Å². The monoisotopic (exact) mass is 308 g/mol. The molecule has 0 aromatic carbocycles. The van der Waals surface area contributed by atoms with E-state index in [1.165, 1.54) is 6.42 Å². The van der Waals surface area contributed by atoms with Crippen LogP contribution in [0.3, 0.4) is 0 Å². The molecule has 3 rings (SSSR count). The lowest BCUT2D eigenvalue weighted by Gasteiger charge is -2.43. The Morgan fingerprint density at radius 2 is 2.05 bits per heavy atom. The van der Waals surface area contributed by atoms with Gasteiger partial charge in [0, 0.05) is 45.2 Å². The van der Waals surface area contributed by atoms with E-state index >= 15 is 0 Å². The summed E-state index contributed by atoms with van der Waals surface area (Å²) in [4.78, 5) is 28.0. The third-order valence-electron chi connectivity index (χ3n) is 5.80. The molecular weight excluding hydrogens is 280 g/mol. The minimum Gasteiger partial charge on any atom is -0.368 e. The Balaban J connectivity index is 1.55. The fourth-order valence-corrected chi connectivity index (χ4v) is 4.73. The normalized spacial score (nSPS) is 35.7. The highest BCUT2D eigenvalue weighted by molar-refractivity contribution is 5.85. The highest BCUT2D eigenvalue weighted by atomic mass is 16.2. The van der Waals surface area contributed by atoms with Crippen molar-refractivity contribution in [1.82, 2.24) is 15.1 Å². The molecule has 3 fully saturated rings. The fraction of sp³-hybridized carbons (Fsp3) is 0.875. The van der Waals surface area contributed by atoms with E-state index in [1.807, 2.05) is 0 Å². The van der Waals surface area contributed by atoms with E-state index in [-0.39, 0.29) is 23.4 Å². The van der Waals surface area contributed by atoms with Crippen LogP contribution < -0.4 is 11.1 Å². The van der Waals surface area contributed by atoms with Gasteiger partial charge in [0.2, 0.25) is 11.8 Å². The van der Waals surface area contributed by atoms with Gasteiger partial charge in [-0.25, -0.2) is 0 Å². The van der Waals surface area contributed by atoms with Crippen molar-refractivity contribution in [2.45, 2.75) is 63.1 Å². The highest BCUT2D eigenvalue weighted by Gasteiger charge is 2.52. The van der Waals surface area contributed by atoms with Gasteiger partial charge in [0.05, 0.1) is 0 Å². The summed E-state index contributed by atoms with van der Waals surface area (Å²) >= 11 is 0. The van der Waals surface area contributed by atoms with Gasteiger partial charge in [-0.05, 0) is 38.5 Å². The molecule has 0 aromatic heterocycles. The molecule has 3 heterocycles. The number of fused-ring (bicyclic) bond motifs is 2. The Morgan fingerprint density at radius 1 is 1.23 bits per heavy atom. The second-order valence-electron chi connectivity index (χ2n) is 7.16. The van der Waals surface area contributed by atoms with Gasteiger partial charge in [-0.15, -0.1) is 0 Å². The predicted molar refractivity (Wildman–Crippen MR) is 84.2 cm³/mol. The van der Waals surface area contributed by atoms with Crippen LogP contribution in [0.2, 0.25) is 0 Å². The highest BCUT2D eigenvalue weighted by Crippen LogP contribution is 2.43. The molecule has 6 nitrogen and oxygen atoms in total. The molecule has 3 N–H and O–H groups in total. The smallest absolute Gasteiger partial charge is 0.237 e. The van der Waals surface area contributed by atoms with Gasteiger partial charge in [0.15, 0.2) is 0 Å². The molecule has 3 atom stereocenters. The first kappa shape index (κ1) is 15.7. The number of piperidine rings is 1. The van der Waals surface area contributed by atoms with Crippen molar-refractivity contribution in [1.29, 1.82) is 0 Å². The summed E-state index contributed by atoms with van der Waals surface area (Å²) in [5.41, 5.74) is 5.37. The lowest BCUT2D eigenvalue weighted by molar-refractivity contribution is -0.131. The fourth-order valence-electron chi connectivity index (χ4n) is 4.73. The number of carbonyl (C=O) groups is 2. The number of likely N-dealkylation sites (tertiary alicyclic amines) is 1. The second-order valence-corrected chi connectivity index (χ2v) is 7.16. The van der Waals surface area contributed by atoms with Crippen molar-refractivity contribution in [3.05, 3.63) is 0 Å². The van der Waals surface area contributed by atoms with Crippen molar-refractivity contribution in [2.24, 2.45) is 5.73 Å². The van der Waals surface area contributed by atoms with Crippen LogP contribution in [0.1, 0.15) is 45.4 Å². The molecule has 2 amide bonds. The summed E-state index contributed by atoms with van der Waals surface area (Å²) in [6.07, 6.45) is 6.30. The Kier molecular flexibility index (Phi) is 4.41. The number of nitrogens with zero attached hydrogens (tertiary/aromatic N) is 2. The molecule has 3 aliphatic rings. The topological polar surface area (TPSA) is 78.7 Å². The first-order chi connectivity index (χ1) is 10.5. The molecule has 3 saturated heterocycles. The zero-order valence-corrected chi connectivity index (χ0v) is 13.5. The molecule has 124 valence electrons. The van der Waals surface area contributed by atoms with E-state index in [9.17, 15) is 9.59 Å². The zero-order chi connectivity index (χ0) is 15.7. The maximum absolute atomic E-state index is 12.0. The van der Waals surface area contributed by atoms with Crippen LogP contribution in [-0.4, -0.2) is 65.4 Å². The summed E-state index contributed by atoms with van der Waals surface area (Å²) in [6, 6.07) is 0.815. The summed E-state index contributed by atoms with van der Waals surface area (Å²) in [5.74, 6) is -0.0825. The summed E-state index contributed by atoms with van der Waals surface area (Å²) in [6.45, 7) is 5.39. The number of nitrogens with two attached hydrogens (primary N) is 1. The van der Waals surface area contributed by atoms with Gasteiger partial charge in [-0.2, -0.15) is 0 Å². The molecule has 0 aromatic rings. The Hall–Kier alpha value is -1.14. The lowest BCUT2D eigenvalue weighted by atomic mass is 9.87. The molecule has 2 bridgehead atoms. The molecule has 0 aliphatic carbocycles. The van der Waals surface area contributed by atoms with Crippen molar-refractivity contribution < 1.29 is 9.59 Å². The van der Waals surface area contributed by atoms with Crippen LogP contribution in [0.4, 0.5) is 0 Å². The summed E-state index contributed by atoms with van der Waals surface area (Å²) in [7, 11) is 0. The average molecular weight is 308 g/mol. The molecule has 3 aliphatic heterocycles. The Morgan fingerprint density at radius 3 is 2.77 bits per heavy atom. The molecular formula is C16H28N4O2. The maximum atomic E-state index is 12.0. The number of primary amides is 1. The van der Waals surface area contributed by atoms with Crippen LogP contribution in [0, 0.1) is 0 Å². The second kappa shape index (κ2) is 6.16. The third kappa shape index (κ3) is 2.86. The van der Waals surface area contributed by atoms with Gasteiger partial charge in [0.25, 0.3) is 0 Å². The summed E-state index contributed by atoms with van der Waals surface area (Å²) < 4.78 is 0. The van der Waals surface area contributed by atoms with E-state index in [2.05, 4.69) is 15.1 Å². The minimum atomic E-state index is -0.375. The van der Waals surface area contributed by atoms with Crippen LogP contribution in [0.5, 0.6) is 0 Å². The van der Waals surface area contributed by atoms with Gasteiger partial charge >= 0.3 is 0 Å². The molecule has 22 heavy (non-hydrogen) atoms. The first-order valence-electron chi connectivity index (χ1n) is 8.57. The van der Waals surface area contributed by atoms with Gasteiger partial charge in [0.1, 0.15) is 5.54 Å². The number of hydrogen-bond donors (Lipinski definition) is 2. The molecule has 6 heteroatoms. The van der Waals surface area contributed by atoms with Crippen molar-refractivity contribution >= 4 is 11.8 Å². The SMILES string of the molecule is CC(=O)N[C@@H]1CCN(CCN2[C@@H]3CCC[C@@]2(C(N)=O)CC3)C1. The number of rotatable bonds is 5. The minimum absolute atomic E-state index is 0.0496. The maximum Gasteiger partial charge on any atom is 0.237 e. The number of carbonyl (C=O) groups excluding carboxylic acids is 2. The van der Waals surface area contributed by atoms with E-state index < -0.39 is 0 Å². The van der Waals surface area contributed by atoms with Crippen molar-refractivity contribution in [2.75, 3.05) is 26.2 Å². The Bertz CT molecular complexity index is 451. The third-order valence-corrected chi connectivity index (χ3v) is 5.80. The van der Waals surface area contributed by atoms with E-state index in [1.54, 1.807) is 6.92 Å². The number of amides is 2. The van der Waals surface area contributed by atoms with E-state index in [0.29, 0.717) is 6.04 Å². The van der Waals surface area contributed by atoms with Crippen LogP contribution >= 0.6 is 0 Å². The molecule has 0 radical (unpaired) electrons. The van der Waals surface area contributed by atoms with Gasteiger partial charge < -0.3 is 11.1 Å². The number of nitrogens with one attached hydrogen (secondary N) is 1. The van der Waals surface area contributed by atoms with Crippen LogP contribution in [0.15, 0.2) is 0 Å². The average Bonchev–Trinajstić information content (AvgIpc) is 2.96. The van der Waals surface area contributed by atoms with E-state index in [0.717, 1.165) is 58.3 Å². The van der Waals surface area contributed by atoms with Gasteiger partial charge in [-0.3, -0.25) is 19.4 Å². The largest absolute Gasteiger partial charge is 0.368 e. The van der Waals surface area contributed by atoms with Crippen LogP contribution in [0.25, 0.3) is 0 Å². The lowest BCUT2D eigenvalue weighted by Crippen LogP contribution is -2.59. The Labute approximate surface area is 132 Å². The zero-order valence-electron chi connectivity index (χ0n) is 13.5. The molecule has 0 saturated carbocycles. The first-order valence-corrected chi connectivity index (χ1v) is 8.57. The number of hydrogen-bond acceptors (Lipinski definition) is 4.